The van der Waals surface area contributed by atoms with Crippen LogP contribution in [0.5, 0.6) is 5.75 Å². The molecule has 1 amide bonds. The molecule has 1 heterocycles. The molecule has 0 fully saturated rings. The Labute approximate surface area is 193 Å². The first-order valence-corrected chi connectivity index (χ1v) is 10.5. The largest absolute Gasteiger partial charge is 0.490 e. The first-order chi connectivity index (χ1) is 16.1. The topological polar surface area (TPSA) is 89.2 Å². The van der Waals surface area contributed by atoms with Gasteiger partial charge >= 0.3 is 0 Å². The Hall–Kier alpha value is -4.15. The molecule has 0 spiro atoms. The Kier molecular flexibility index (Phi) is 8.17. The predicted molar refractivity (Wildman–Crippen MR) is 128 cm³/mol. The van der Waals surface area contributed by atoms with Crippen molar-refractivity contribution in [1.29, 1.82) is 5.26 Å². The van der Waals surface area contributed by atoms with Gasteiger partial charge in [-0.3, -0.25) is 4.79 Å². The summed E-state index contributed by atoms with van der Waals surface area (Å²) in [6.07, 6.45) is 5.06. The molecule has 0 aliphatic heterocycles. The van der Waals surface area contributed by atoms with Gasteiger partial charge in [0.05, 0.1) is 12.3 Å². The number of hydrogen-bond donors (Lipinski definition) is 1. The van der Waals surface area contributed by atoms with Crippen LogP contribution in [0.2, 0.25) is 0 Å². The van der Waals surface area contributed by atoms with Gasteiger partial charge < -0.3 is 14.8 Å². The zero-order valence-corrected chi connectivity index (χ0v) is 18.7. The molecular formula is C26H26N4O3. The van der Waals surface area contributed by atoms with Gasteiger partial charge in [0.25, 0.3) is 5.91 Å². The highest BCUT2D eigenvalue weighted by Gasteiger charge is 2.16. The van der Waals surface area contributed by atoms with Crippen molar-refractivity contribution in [3.8, 4) is 28.8 Å². The number of aryl methyl sites for hydroxylation is 1. The number of nitrogens with one attached hydrogen (secondary N) is 1. The van der Waals surface area contributed by atoms with Crippen molar-refractivity contribution in [1.82, 2.24) is 15.1 Å². The number of methoxy groups -OCH3 is 1. The number of para-hydroxylation sites is 1. The van der Waals surface area contributed by atoms with Crippen LogP contribution in [-0.4, -0.2) is 42.6 Å². The SMILES string of the molecule is C=CCOc1ccc(-c2nn(-c3ccccc3)cc2C=C(C#N)C(=O)NCCOC)c(C)c1. The van der Waals surface area contributed by atoms with E-state index in [1.165, 1.54) is 0 Å². The van der Waals surface area contributed by atoms with Crippen LogP contribution in [0.25, 0.3) is 23.0 Å². The van der Waals surface area contributed by atoms with E-state index in [1.807, 2.05) is 67.7 Å². The van der Waals surface area contributed by atoms with Crippen LogP contribution in [0.15, 0.2) is 73.0 Å². The van der Waals surface area contributed by atoms with Gasteiger partial charge in [0.15, 0.2) is 0 Å². The van der Waals surface area contributed by atoms with Crippen LogP contribution >= 0.6 is 0 Å². The van der Waals surface area contributed by atoms with Crippen molar-refractivity contribution in [2.24, 2.45) is 0 Å². The molecule has 33 heavy (non-hydrogen) atoms. The van der Waals surface area contributed by atoms with Gasteiger partial charge in [-0.2, -0.15) is 10.4 Å². The third kappa shape index (κ3) is 5.97. The monoisotopic (exact) mass is 442 g/mol. The average Bonchev–Trinajstić information content (AvgIpc) is 3.25. The molecule has 0 saturated heterocycles. The summed E-state index contributed by atoms with van der Waals surface area (Å²) >= 11 is 0. The zero-order chi connectivity index (χ0) is 23.6. The minimum Gasteiger partial charge on any atom is -0.490 e. The Bertz CT molecular complexity index is 1190. The summed E-state index contributed by atoms with van der Waals surface area (Å²) in [5.41, 5.74) is 3.99. The summed E-state index contributed by atoms with van der Waals surface area (Å²) in [5.74, 6) is 0.267. The molecule has 0 unspecified atom stereocenters. The van der Waals surface area contributed by atoms with Crippen LogP contribution < -0.4 is 10.1 Å². The van der Waals surface area contributed by atoms with Crippen molar-refractivity contribution < 1.29 is 14.3 Å². The number of nitriles is 1. The van der Waals surface area contributed by atoms with E-state index in [1.54, 1.807) is 23.9 Å². The molecule has 2 aromatic carbocycles. The fourth-order valence-electron chi connectivity index (χ4n) is 3.23. The molecule has 1 aromatic heterocycles. The fourth-order valence-corrected chi connectivity index (χ4v) is 3.23. The number of rotatable bonds is 10. The third-order valence-corrected chi connectivity index (χ3v) is 4.84. The van der Waals surface area contributed by atoms with E-state index in [4.69, 9.17) is 14.6 Å². The van der Waals surface area contributed by atoms with E-state index in [0.717, 1.165) is 22.6 Å². The standard InChI is InChI=1S/C26H26N4O3/c1-4-13-33-23-10-11-24(19(2)15-23)25-21(16-20(17-27)26(31)28-12-14-32-3)18-30(29-25)22-8-6-5-7-9-22/h4-11,15-16,18H,1,12-14H2,2-3H3,(H,28,31). The maximum atomic E-state index is 12.5. The first kappa shape index (κ1) is 23.5. The fraction of sp³-hybridized carbons (Fsp3) is 0.192. The van der Waals surface area contributed by atoms with Gasteiger partial charge in [-0.1, -0.05) is 30.9 Å². The van der Waals surface area contributed by atoms with Gasteiger partial charge in [-0.15, -0.1) is 0 Å². The predicted octanol–water partition coefficient (Wildman–Crippen LogP) is 4.08. The number of amides is 1. The molecule has 7 nitrogen and oxygen atoms in total. The molecule has 0 bridgehead atoms. The van der Waals surface area contributed by atoms with Crippen LogP contribution in [-0.2, 0) is 9.53 Å². The van der Waals surface area contributed by atoms with Gasteiger partial charge in [0.1, 0.15) is 29.7 Å². The molecular weight excluding hydrogens is 416 g/mol. The molecule has 0 radical (unpaired) electrons. The van der Waals surface area contributed by atoms with Crippen LogP contribution in [0.4, 0.5) is 0 Å². The summed E-state index contributed by atoms with van der Waals surface area (Å²) in [6.45, 7) is 6.73. The van der Waals surface area contributed by atoms with Crippen molar-refractivity contribution in [3.05, 3.63) is 84.1 Å². The number of nitrogens with zero attached hydrogens (tertiary/aromatic N) is 3. The lowest BCUT2D eigenvalue weighted by atomic mass is 10.0. The second-order valence-corrected chi connectivity index (χ2v) is 7.21. The highest BCUT2D eigenvalue weighted by Crippen LogP contribution is 2.30. The molecule has 0 aliphatic rings. The van der Waals surface area contributed by atoms with E-state index >= 15 is 0 Å². The molecule has 0 saturated carbocycles. The highest BCUT2D eigenvalue weighted by molar-refractivity contribution is 6.02. The van der Waals surface area contributed by atoms with Crippen molar-refractivity contribution in [3.63, 3.8) is 0 Å². The Morgan fingerprint density at radius 2 is 2.06 bits per heavy atom. The van der Waals surface area contributed by atoms with E-state index in [-0.39, 0.29) is 5.57 Å². The van der Waals surface area contributed by atoms with Gasteiger partial charge in [-0.25, -0.2) is 4.68 Å². The summed E-state index contributed by atoms with van der Waals surface area (Å²) in [4.78, 5) is 12.5. The summed E-state index contributed by atoms with van der Waals surface area (Å²) in [6, 6.07) is 17.4. The number of carbonyl (C=O) groups is 1. The number of carbonyl (C=O) groups excluding carboxylic acids is 1. The van der Waals surface area contributed by atoms with Crippen molar-refractivity contribution in [2.75, 3.05) is 26.9 Å². The Morgan fingerprint density at radius 1 is 1.27 bits per heavy atom. The summed E-state index contributed by atoms with van der Waals surface area (Å²) in [7, 11) is 1.55. The van der Waals surface area contributed by atoms with Crippen LogP contribution in [0.1, 0.15) is 11.1 Å². The van der Waals surface area contributed by atoms with Crippen LogP contribution in [0, 0.1) is 18.3 Å². The Morgan fingerprint density at radius 3 is 2.73 bits per heavy atom. The second kappa shape index (κ2) is 11.5. The smallest absolute Gasteiger partial charge is 0.262 e. The first-order valence-electron chi connectivity index (χ1n) is 10.5. The molecule has 0 atom stereocenters. The molecule has 7 heteroatoms. The lowest BCUT2D eigenvalue weighted by molar-refractivity contribution is -0.117. The van der Waals surface area contributed by atoms with E-state index in [0.29, 0.717) is 31.0 Å². The van der Waals surface area contributed by atoms with Gasteiger partial charge in [0, 0.05) is 31.0 Å². The third-order valence-electron chi connectivity index (χ3n) is 4.84. The molecule has 0 aliphatic carbocycles. The number of benzene rings is 2. The van der Waals surface area contributed by atoms with E-state index in [9.17, 15) is 10.1 Å². The summed E-state index contributed by atoms with van der Waals surface area (Å²) in [5, 5.41) is 17.1. The number of aromatic nitrogens is 2. The van der Waals surface area contributed by atoms with E-state index in [2.05, 4.69) is 11.9 Å². The number of hydrogen-bond acceptors (Lipinski definition) is 5. The lowest BCUT2D eigenvalue weighted by Gasteiger charge is -2.09. The normalized spacial score (nSPS) is 11.0. The maximum Gasteiger partial charge on any atom is 0.262 e. The van der Waals surface area contributed by atoms with Gasteiger partial charge in [-0.05, 0) is 48.9 Å². The van der Waals surface area contributed by atoms with Gasteiger partial charge in [0.2, 0.25) is 0 Å². The molecule has 1 N–H and O–H groups in total. The maximum absolute atomic E-state index is 12.5. The van der Waals surface area contributed by atoms with Crippen molar-refractivity contribution >= 4 is 12.0 Å². The minimum absolute atomic E-state index is 0.0106. The quantitative estimate of drug-likeness (QED) is 0.221. The minimum atomic E-state index is -0.460. The molecule has 3 rings (SSSR count). The zero-order valence-electron chi connectivity index (χ0n) is 18.7. The van der Waals surface area contributed by atoms with E-state index < -0.39 is 5.91 Å². The summed E-state index contributed by atoms with van der Waals surface area (Å²) < 4.78 is 12.3. The number of ether oxygens (including phenoxy) is 2. The Balaban J connectivity index is 2.06. The molecule has 3 aromatic rings. The second-order valence-electron chi connectivity index (χ2n) is 7.21. The highest BCUT2D eigenvalue weighted by atomic mass is 16.5. The lowest BCUT2D eigenvalue weighted by Crippen LogP contribution is -2.27. The van der Waals surface area contributed by atoms with Crippen molar-refractivity contribution in [2.45, 2.75) is 6.92 Å². The van der Waals surface area contributed by atoms with Crippen LogP contribution in [0.3, 0.4) is 0 Å². The average molecular weight is 443 g/mol. The molecule has 168 valence electrons.